The van der Waals surface area contributed by atoms with E-state index in [0.29, 0.717) is 11.1 Å². The number of carbonyl (C=O) groups is 2. The Labute approximate surface area is 246 Å². The van der Waals surface area contributed by atoms with Crippen molar-refractivity contribution in [2.45, 2.75) is 12.8 Å². The second kappa shape index (κ2) is 13.4. The van der Waals surface area contributed by atoms with E-state index in [2.05, 4.69) is 25.3 Å². The first-order valence-electron chi connectivity index (χ1n) is 12.8. The van der Waals surface area contributed by atoms with Crippen molar-refractivity contribution >= 4 is 11.6 Å². The number of Topliss-reactive ketones (excluding diaryl/α,β-unsaturated/α-hetero) is 2. The van der Waals surface area contributed by atoms with E-state index in [9.17, 15) is 27.2 Å². The second-order valence-corrected chi connectivity index (χ2v) is 9.07. The van der Waals surface area contributed by atoms with E-state index in [4.69, 9.17) is 9.05 Å². The lowest BCUT2D eigenvalue weighted by atomic mass is 10.1. The minimum atomic E-state index is -0.672. The summed E-state index contributed by atoms with van der Waals surface area (Å²) in [7, 11) is 0. The van der Waals surface area contributed by atoms with Crippen molar-refractivity contribution in [3.8, 4) is 22.8 Å². The Morgan fingerprint density at radius 1 is 0.591 bits per heavy atom. The summed E-state index contributed by atoms with van der Waals surface area (Å²) in [5.41, 5.74) is 0.736. The fourth-order valence-corrected chi connectivity index (χ4v) is 3.85. The zero-order valence-electron chi connectivity index (χ0n) is 22.5. The van der Waals surface area contributed by atoms with Gasteiger partial charge in [-0.3, -0.25) is 14.6 Å². The minimum absolute atomic E-state index is 0.0282. The van der Waals surface area contributed by atoms with Gasteiger partial charge < -0.3 is 9.05 Å². The third-order valence-electron chi connectivity index (χ3n) is 6.00. The molecular formula is C31H19F4N5O4. The lowest BCUT2D eigenvalue weighted by Gasteiger charge is -1.97. The number of rotatable bonds is 8. The topological polar surface area (TPSA) is 125 Å². The Balaban J connectivity index is 0.000000175. The van der Waals surface area contributed by atoms with Crippen molar-refractivity contribution in [3.63, 3.8) is 0 Å². The molecule has 44 heavy (non-hydrogen) atoms. The molecule has 0 aliphatic carbocycles. The lowest BCUT2D eigenvalue weighted by Crippen LogP contribution is -2.03. The fourth-order valence-electron chi connectivity index (χ4n) is 3.85. The van der Waals surface area contributed by atoms with Crippen LogP contribution in [0, 0.1) is 23.3 Å². The zero-order chi connectivity index (χ0) is 31.1. The van der Waals surface area contributed by atoms with Crippen LogP contribution in [-0.2, 0) is 12.8 Å². The second-order valence-electron chi connectivity index (χ2n) is 9.07. The predicted molar refractivity (Wildman–Crippen MR) is 146 cm³/mol. The van der Waals surface area contributed by atoms with Crippen molar-refractivity contribution in [2.24, 2.45) is 0 Å². The average molecular weight is 602 g/mol. The number of hydrogen-bond donors (Lipinski definition) is 0. The number of carbonyl (C=O) groups excluding carboxylic acids is 2. The van der Waals surface area contributed by atoms with Crippen LogP contribution in [0.3, 0.4) is 0 Å². The first-order chi connectivity index (χ1) is 21.3. The molecule has 3 aromatic carbocycles. The van der Waals surface area contributed by atoms with E-state index in [1.807, 2.05) is 0 Å². The first-order valence-corrected chi connectivity index (χ1v) is 12.8. The molecule has 0 spiro atoms. The molecule has 0 saturated carbocycles. The van der Waals surface area contributed by atoms with Gasteiger partial charge in [0.15, 0.2) is 11.6 Å². The Hall–Kier alpha value is -5.85. The SMILES string of the molecule is O=C(Cc1nc(-c2cc(F)ccc2F)no1)c1ccccc1.O=C(Cc1nc(-c2cc(F)ccc2F)no1)c1ccncc1. The zero-order valence-corrected chi connectivity index (χ0v) is 22.5. The minimum Gasteiger partial charge on any atom is -0.338 e. The number of pyridine rings is 1. The molecule has 0 aliphatic heterocycles. The van der Waals surface area contributed by atoms with Crippen LogP contribution in [0.15, 0.2) is 100 Å². The smallest absolute Gasteiger partial charge is 0.234 e. The highest BCUT2D eigenvalue weighted by Gasteiger charge is 2.18. The largest absolute Gasteiger partial charge is 0.338 e. The van der Waals surface area contributed by atoms with Gasteiger partial charge in [-0.05, 0) is 48.5 Å². The quantitative estimate of drug-likeness (QED) is 0.146. The molecule has 3 aromatic heterocycles. The van der Waals surface area contributed by atoms with Gasteiger partial charge in [-0.25, -0.2) is 17.6 Å². The molecule has 0 amide bonds. The van der Waals surface area contributed by atoms with Gasteiger partial charge in [0.25, 0.3) is 0 Å². The molecule has 6 aromatic rings. The predicted octanol–water partition coefficient (Wildman–Crippen LogP) is 6.28. The summed E-state index contributed by atoms with van der Waals surface area (Å²) in [6.45, 7) is 0. The van der Waals surface area contributed by atoms with Crippen LogP contribution in [-0.4, -0.2) is 36.8 Å². The van der Waals surface area contributed by atoms with Gasteiger partial charge in [-0.15, -0.1) is 0 Å². The highest BCUT2D eigenvalue weighted by atomic mass is 19.1. The van der Waals surface area contributed by atoms with Crippen molar-refractivity contribution in [1.82, 2.24) is 25.3 Å². The molecule has 3 heterocycles. The Morgan fingerprint density at radius 2 is 1.05 bits per heavy atom. The molecule has 13 heteroatoms. The van der Waals surface area contributed by atoms with E-state index in [0.717, 1.165) is 36.4 Å². The standard InChI is InChI=1S/C16H10F2N2O2.C15H9F2N3O2/c17-11-6-7-13(18)12(8-11)16-19-15(22-20-16)9-14(21)10-4-2-1-3-5-10;16-10-1-2-12(17)11(7-10)15-19-14(22-20-15)8-13(21)9-3-5-18-6-4-9/h1-8H,9H2;1-7H,8H2. The number of benzene rings is 3. The summed E-state index contributed by atoms with van der Waals surface area (Å²) in [6.07, 6.45) is 2.76. The van der Waals surface area contributed by atoms with Gasteiger partial charge >= 0.3 is 0 Å². The summed E-state index contributed by atoms with van der Waals surface area (Å²) in [6, 6.07) is 17.6. The van der Waals surface area contributed by atoms with Gasteiger partial charge in [0.2, 0.25) is 23.4 Å². The van der Waals surface area contributed by atoms with Crippen molar-refractivity contribution in [3.05, 3.63) is 137 Å². The molecule has 0 aliphatic rings. The van der Waals surface area contributed by atoms with E-state index in [-0.39, 0.29) is 59.0 Å². The molecule has 0 saturated heterocycles. The number of aromatic nitrogens is 5. The Morgan fingerprint density at radius 3 is 1.52 bits per heavy atom. The molecule has 0 N–H and O–H groups in total. The Bertz CT molecular complexity index is 1770. The van der Waals surface area contributed by atoms with Crippen LogP contribution in [0.25, 0.3) is 22.8 Å². The van der Waals surface area contributed by atoms with E-state index in [1.54, 1.807) is 42.5 Å². The van der Waals surface area contributed by atoms with Gasteiger partial charge in [0.05, 0.1) is 24.0 Å². The van der Waals surface area contributed by atoms with Gasteiger partial charge in [0, 0.05) is 23.5 Å². The van der Waals surface area contributed by atoms with E-state index >= 15 is 0 Å². The normalized spacial score (nSPS) is 10.6. The van der Waals surface area contributed by atoms with E-state index < -0.39 is 23.3 Å². The van der Waals surface area contributed by atoms with Crippen molar-refractivity contribution < 1.29 is 36.2 Å². The van der Waals surface area contributed by atoms with Crippen LogP contribution in [0.1, 0.15) is 32.5 Å². The summed E-state index contributed by atoms with van der Waals surface area (Å²) in [5, 5.41) is 7.17. The van der Waals surface area contributed by atoms with Crippen LogP contribution in [0.2, 0.25) is 0 Å². The molecular weight excluding hydrogens is 582 g/mol. The van der Waals surface area contributed by atoms with Gasteiger partial charge in [0.1, 0.15) is 23.3 Å². The molecule has 0 bridgehead atoms. The fraction of sp³-hybridized carbons (Fsp3) is 0.0645. The molecule has 9 nitrogen and oxygen atoms in total. The van der Waals surface area contributed by atoms with Crippen LogP contribution in [0.4, 0.5) is 17.6 Å². The molecule has 0 fully saturated rings. The summed E-state index contributed by atoms with van der Waals surface area (Å²) in [5.74, 6) is -3.11. The van der Waals surface area contributed by atoms with Crippen LogP contribution in [0.5, 0.6) is 0 Å². The van der Waals surface area contributed by atoms with Crippen LogP contribution >= 0.6 is 0 Å². The number of nitrogens with zero attached hydrogens (tertiary/aromatic N) is 5. The van der Waals surface area contributed by atoms with E-state index in [1.165, 1.54) is 12.4 Å². The highest BCUT2D eigenvalue weighted by molar-refractivity contribution is 5.97. The maximum Gasteiger partial charge on any atom is 0.234 e. The monoisotopic (exact) mass is 601 g/mol. The lowest BCUT2D eigenvalue weighted by molar-refractivity contribution is 0.0974. The third-order valence-corrected chi connectivity index (χ3v) is 6.00. The van der Waals surface area contributed by atoms with Gasteiger partial charge in [-0.1, -0.05) is 40.6 Å². The van der Waals surface area contributed by atoms with Crippen molar-refractivity contribution in [2.75, 3.05) is 0 Å². The number of ketones is 2. The maximum absolute atomic E-state index is 13.6. The average Bonchev–Trinajstić information content (AvgIpc) is 3.70. The molecule has 220 valence electrons. The number of halogens is 4. The maximum atomic E-state index is 13.6. The van der Waals surface area contributed by atoms with Crippen molar-refractivity contribution in [1.29, 1.82) is 0 Å². The Kier molecular flexibility index (Phi) is 9.04. The van der Waals surface area contributed by atoms with Gasteiger partial charge in [-0.2, -0.15) is 9.97 Å². The first kappa shape index (κ1) is 29.6. The molecule has 6 rings (SSSR count). The molecule has 0 atom stereocenters. The third kappa shape index (κ3) is 7.31. The summed E-state index contributed by atoms with van der Waals surface area (Å²) >= 11 is 0. The summed E-state index contributed by atoms with van der Waals surface area (Å²) < 4.78 is 63.4. The number of hydrogen-bond acceptors (Lipinski definition) is 9. The molecule has 0 radical (unpaired) electrons. The molecule has 0 unspecified atom stereocenters. The highest BCUT2D eigenvalue weighted by Crippen LogP contribution is 2.22. The summed E-state index contributed by atoms with van der Waals surface area (Å²) in [4.78, 5) is 35.7. The van der Waals surface area contributed by atoms with Crippen LogP contribution < -0.4 is 0 Å².